The van der Waals surface area contributed by atoms with E-state index in [4.69, 9.17) is 9.31 Å². The van der Waals surface area contributed by atoms with Crippen LogP contribution in [0.3, 0.4) is 0 Å². The number of aliphatic hydroxyl groups is 1. The molecule has 3 nitrogen and oxygen atoms in total. The van der Waals surface area contributed by atoms with E-state index < -0.39 is 5.60 Å². The molecule has 1 N–H and O–H groups in total. The van der Waals surface area contributed by atoms with Crippen LogP contribution in [0.1, 0.15) is 120 Å². The normalized spacial score (nSPS) is 19.5. The van der Waals surface area contributed by atoms with Gasteiger partial charge in [-0.3, -0.25) is 0 Å². The number of aryl methyl sites for hydroxylation is 3. The van der Waals surface area contributed by atoms with E-state index in [9.17, 15) is 5.11 Å². The molecule has 1 saturated heterocycles. The summed E-state index contributed by atoms with van der Waals surface area (Å²) in [5.41, 5.74) is 9.81. The molecule has 2 aliphatic rings. The number of hydrogen-bond acceptors (Lipinski definition) is 3. The quantitative estimate of drug-likeness (QED) is 0.265. The number of benzene rings is 3. The van der Waals surface area contributed by atoms with Crippen LogP contribution in [-0.2, 0) is 14.7 Å². The van der Waals surface area contributed by atoms with Crippen molar-refractivity contribution in [3.05, 3.63) is 94.1 Å². The van der Waals surface area contributed by atoms with Crippen LogP contribution >= 0.6 is 0 Å². The minimum Gasteiger partial charge on any atom is -0.399 e. The molecule has 1 aliphatic heterocycles. The van der Waals surface area contributed by atoms with Gasteiger partial charge < -0.3 is 14.4 Å². The number of hydrogen-bond donors (Lipinski definition) is 1. The standard InChI is InChI=1S/C40H53BO3/c1-10-40(11-2,33-17-15-31(28(3)26-33)21-24-39(42)22-13-12-14-23-39)34-18-19-35(29(4)27-34)32-16-20-36(30(5)25-32)41-43-37(6,7)38(8,9)44-41/h15-21,24-27,42H,10-14,22-23H2,1-9H3. The van der Waals surface area contributed by atoms with Crippen LogP contribution in [0.15, 0.2) is 60.7 Å². The van der Waals surface area contributed by atoms with Gasteiger partial charge in [-0.2, -0.15) is 0 Å². The van der Waals surface area contributed by atoms with Crippen LogP contribution in [0.25, 0.3) is 17.2 Å². The van der Waals surface area contributed by atoms with Crippen LogP contribution in [0, 0.1) is 20.8 Å². The molecule has 5 rings (SSSR count). The molecule has 1 saturated carbocycles. The Labute approximate surface area is 267 Å². The summed E-state index contributed by atoms with van der Waals surface area (Å²) >= 11 is 0. The van der Waals surface area contributed by atoms with Gasteiger partial charge in [0, 0.05) is 5.41 Å². The second-order valence-corrected chi connectivity index (χ2v) is 14.5. The van der Waals surface area contributed by atoms with Crippen LogP contribution < -0.4 is 5.46 Å². The van der Waals surface area contributed by atoms with Crippen molar-refractivity contribution in [2.45, 2.75) is 129 Å². The predicted molar refractivity (Wildman–Crippen MR) is 187 cm³/mol. The third-order valence-electron chi connectivity index (χ3n) is 11.2. The molecular formula is C40H53BO3. The largest absolute Gasteiger partial charge is 0.495 e. The topological polar surface area (TPSA) is 38.7 Å². The first-order valence-electron chi connectivity index (χ1n) is 16.8. The van der Waals surface area contributed by atoms with Gasteiger partial charge in [0.25, 0.3) is 0 Å². The third kappa shape index (κ3) is 6.10. The van der Waals surface area contributed by atoms with E-state index in [1.54, 1.807) is 0 Å². The summed E-state index contributed by atoms with van der Waals surface area (Å²) in [5, 5.41) is 11.0. The molecule has 0 amide bonds. The Morgan fingerprint density at radius 3 is 1.89 bits per heavy atom. The maximum Gasteiger partial charge on any atom is 0.495 e. The molecule has 1 aliphatic carbocycles. The molecule has 0 aromatic heterocycles. The molecular weight excluding hydrogens is 539 g/mol. The van der Waals surface area contributed by atoms with E-state index in [-0.39, 0.29) is 23.7 Å². The second-order valence-electron chi connectivity index (χ2n) is 14.5. The second kappa shape index (κ2) is 12.3. The SMILES string of the molecule is CCC(CC)(c1ccc(C=CC2(O)CCCCC2)c(C)c1)c1ccc(-c2ccc(B3OC(C)(C)C(C)(C)O3)c(C)c2)c(C)c1. The molecule has 0 atom stereocenters. The fraction of sp³-hybridized carbons (Fsp3) is 0.500. The molecule has 0 radical (unpaired) electrons. The Morgan fingerprint density at radius 2 is 1.34 bits per heavy atom. The summed E-state index contributed by atoms with van der Waals surface area (Å²) < 4.78 is 12.7. The fourth-order valence-corrected chi connectivity index (χ4v) is 7.33. The first-order chi connectivity index (χ1) is 20.7. The van der Waals surface area contributed by atoms with E-state index in [1.165, 1.54) is 50.9 Å². The van der Waals surface area contributed by atoms with Crippen molar-refractivity contribution < 1.29 is 14.4 Å². The molecule has 0 bridgehead atoms. The number of rotatable bonds is 8. The zero-order valence-corrected chi connectivity index (χ0v) is 28.6. The molecule has 4 heteroatoms. The summed E-state index contributed by atoms with van der Waals surface area (Å²) in [5.74, 6) is 0. The van der Waals surface area contributed by atoms with E-state index >= 15 is 0 Å². The van der Waals surface area contributed by atoms with Crippen LogP contribution in [0.5, 0.6) is 0 Å². The highest BCUT2D eigenvalue weighted by molar-refractivity contribution is 6.62. The Balaban J connectivity index is 1.41. The fourth-order valence-electron chi connectivity index (χ4n) is 7.33. The van der Waals surface area contributed by atoms with Gasteiger partial charge in [-0.25, -0.2) is 0 Å². The van der Waals surface area contributed by atoms with Crippen molar-refractivity contribution in [3.63, 3.8) is 0 Å². The molecule has 1 heterocycles. The maximum absolute atomic E-state index is 11.0. The lowest BCUT2D eigenvalue weighted by molar-refractivity contribution is 0.00578. The van der Waals surface area contributed by atoms with Gasteiger partial charge in [0.2, 0.25) is 0 Å². The lowest BCUT2D eigenvalue weighted by Crippen LogP contribution is -2.41. The van der Waals surface area contributed by atoms with Gasteiger partial charge in [-0.1, -0.05) is 105 Å². The van der Waals surface area contributed by atoms with Crippen LogP contribution in [0.2, 0.25) is 0 Å². The van der Waals surface area contributed by atoms with Gasteiger partial charge in [0.05, 0.1) is 16.8 Å². The minimum atomic E-state index is -0.649. The molecule has 234 valence electrons. The average molecular weight is 593 g/mol. The Bertz CT molecular complexity index is 1510. The van der Waals surface area contributed by atoms with E-state index in [0.717, 1.165) is 44.0 Å². The first-order valence-corrected chi connectivity index (χ1v) is 16.8. The van der Waals surface area contributed by atoms with E-state index in [2.05, 4.69) is 123 Å². The lowest BCUT2D eigenvalue weighted by atomic mass is 9.69. The zero-order chi connectivity index (χ0) is 31.9. The van der Waals surface area contributed by atoms with Crippen LogP contribution in [0.4, 0.5) is 0 Å². The summed E-state index contributed by atoms with van der Waals surface area (Å²) in [6.45, 7) is 19.6. The van der Waals surface area contributed by atoms with Crippen molar-refractivity contribution >= 4 is 18.7 Å². The summed E-state index contributed by atoms with van der Waals surface area (Å²) in [4.78, 5) is 0. The summed E-state index contributed by atoms with van der Waals surface area (Å²) in [6.07, 6.45) is 11.4. The highest BCUT2D eigenvalue weighted by atomic mass is 16.7. The van der Waals surface area contributed by atoms with Gasteiger partial charge in [-0.05, 0) is 119 Å². The van der Waals surface area contributed by atoms with Gasteiger partial charge >= 0.3 is 7.12 Å². The summed E-state index contributed by atoms with van der Waals surface area (Å²) in [7, 11) is -0.352. The van der Waals surface area contributed by atoms with E-state index in [1.807, 2.05) is 6.08 Å². The monoisotopic (exact) mass is 592 g/mol. The van der Waals surface area contributed by atoms with Crippen molar-refractivity contribution in [2.75, 3.05) is 0 Å². The molecule has 0 spiro atoms. The smallest absolute Gasteiger partial charge is 0.399 e. The molecule has 44 heavy (non-hydrogen) atoms. The van der Waals surface area contributed by atoms with Crippen molar-refractivity contribution in [2.24, 2.45) is 0 Å². The highest BCUT2D eigenvalue weighted by Gasteiger charge is 2.52. The Morgan fingerprint density at radius 1 is 0.750 bits per heavy atom. The van der Waals surface area contributed by atoms with Crippen LogP contribution in [-0.4, -0.2) is 29.0 Å². The van der Waals surface area contributed by atoms with Crippen molar-refractivity contribution in [1.29, 1.82) is 0 Å². The van der Waals surface area contributed by atoms with Gasteiger partial charge in [-0.15, -0.1) is 0 Å². The maximum atomic E-state index is 11.0. The first kappa shape index (κ1) is 32.7. The molecule has 0 unspecified atom stereocenters. The van der Waals surface area contributed by atoms with Gasteiger partial charge in [0.15, 0.2) is 0 Å². The van der Waals surface area contributed by atoms with Crippen molar-refractivity contribution in [3.8, 4) is 11.1 Å². The zero-order valence-electron chi connectivity index (χ0n) is 28.6. The predicted octanol–water partition coefficient (Wildman–Crippen LogP) is 9.39. The lowest BCUT2D eigenvalue weighted by Gasteiger charge is -2.34. The Hall–Kier alpha value is -2.66. The minimum absolute atomic E-state index is 0.0611. The highest BCUT2D eigenvalue weighted by Crippen LogP contribution is 2.42. The molecule has 2 fully saturated rings. The van der Waals surface area contributed by atoms with Gasteiger partial charge in [0.1, 0.15) is 0 Å². The average Bonchev–Trinajstić information content (AvgIpc) is 3.20. The molecule has 3 aromatic rings. The van der Waals surface area contributed by atoms with E-state index in [0.29, 0.717) is 0 Å². The molecule has 3 aromatic carbocycles. The third-order valence-corrected chi connectivity index (χ3v) is 11.2. The summed E-state index contributed by atoms with van der Waals surface area (Å²) in [6, 6.07) is 20.6. The van der Waals surface area contributed by atoms with Crippen molar-refractivity contribution in [1.82, 2.24) is 0 Å². The Kier molecular flexibility index (Phi) is 9.13.